The first-order valence-electron chi connectivity index (χ1n) is 6.05. The molecule has 2 aromatic carbocycles. The van der Waals surface area contributed by atoms with Crippen LogP contribution in [0.2, 0.25) is 0 Å². The zero-order chi connectivity index (χ0) is 13.4. The van der Waals surface area contributed by atoms with Gasteiger partial charge in [0.2, 0.25) is 5.78 Å². The van der Waals surface area contributed by atoms with E-state index >= 15 is 0 Å². The van der Waals surface area contributed by atoms with E-state index in [0.29, 0.717) is 22.6 Å². The zero-order valence-corrected chi connectivity index (χ0v) is 10.5. The van der Waals surface area contributed by atoms with Gasteiger partial charge in [0.05, 0.1) is 0 Å². The molecule has 0 amide bonds. The number of hydrogen-bond donors (Lipinski definition) is 1. The third kappa shape index (κ3) is 1.89. The van der Waals surface area contributed by atoms with Crippen molar-refractivity contribution >= 4 is 22.4 Å². The first-order valence-corrected chi connectivity index (χ1v) is 6.05. The summed E-state index contributed by atoms with van der Waals surface area (Å²) in [7, 11) is 0. The van der Waals surface area contributed by atoms with E-state index in [4.69, 9.17) is 10.2 Å². The first-order chi connectivity index (χ1) is 9.16. The topological polar surface area (TPSA) is 56.2 Å². The maximum Gasteiger partial charge on any atom is 0.228 e. The number of fused-ring (bicyclic) bond motifs is 1. The normalized spacial score (nSPS) is 10.8. The van der Waals surface area contributed by atoms with Crippen LogP contribution >= 0.6 is 0 Å². The van der Waals surface area contributed by atoms with Gasteiger partial charge in [-0.15, -0.1) is 0 Å². The zero-order valence-electron chi connectivity index (χ0n) is 10.5. The van der Waals surface area contributed by atoms with Crippen molar-refractivity contribution in [2.24, 2.45) is 0 Å². The van der Waals surface area contributed by atoms with Crippen molar-refractivity contribution in [1.29, 1.82) is 0 Å². The van der Waals surface area contributed by atoms with Crippen LogP contribution in [-0.2, 0) is 0 Å². The van der Waals surface area contributed by atoms with Gasteiger partial charge in [0, 0.05) is 28.3 Å². The lowest BCUT2D eigenvalue weighted by molar-refractivity contribution is 0.101. The molecule has 0 unspecified atom stereocenters. The predicted octanol–water partition coefficient (Wildman–Crippen LogP) is 3.55. The van der Waals surface area contributed by atoms with Gasteiger partial charge in [0.25, 0.3) is 0 Å². The summed E-state index contributed by atoms with van der Waals surface area (Å²) in [4.78, 5) is 12.4. The SMILES string of the molecule is Cc1c(C(=O)c2ccccc2)oc2cc(N)ccc12. The van der Waals surface area contributed by atoms with Gasteiger partial charge in [-0.2, -0.15) is 0 Å². The van der Waals surface area contributed by atoms with Crippen molar-refractivity contribution in [3.05, 3.63) is 65.4 Å². The van der Waals surface area contributed by atoms with E-state index in [1.807, 2.05) is 37.3 Å². The Morgan fingerprint density at radius 3 is 2.58 bits per heavy atom. The molecule has 2 N–H and O–H groups in total. The van der Waals surface area contributed by atoms with Gasteiger partial charge < -0.3 is 10.2 Å². The lowest BCUT2D eigenvalue weighted by atomic mass is 10.0. The Morgan fingerprint density at radius 2 is 1.84 bits per heavy atom. The highest BCUT2D eigenvalue weighted by Crippen LogP contribution is 2.28. The Kier molecular flexibility index (Phi) is 2.60. The number of carbonyl (C=O) groups is 1. The van der Waals surface area contributed by atoms with Gasteiger partial charge in [-0.05, 0) is 19.1 Å². The molecule has 19 heavy (non-hydrogen) atoms. The minimum Gasteiger partial charge on any atom is -0.452 e. The number of carbonyl (C=O) groups excluding carboxylic acids is 1. The third-order valence-corrected chi connectivity index (χ3v) is 3.20. The molecule has 0 aliphatic carbocycles. The van der Waals surface area contributed by atoms with Gasteiger partial charge >= 0.3 is 0 Å². The molecule has 3 rings (SSSR count). The van der Waals surface area contributed by atoms with Gasteiger partial charge in [0.1, 0.15) is 5.58 Å². The summed E-state index contributed by atoms with van der Waals surface area (Å²) in [6, 6.07) is 14.5. The van der Waals surface area contributed by atoms with Gasteiger partial charge in [-0.3, -0.25) is 4.79 Å². The number of benzene rings is 2. The van der Waals surface area contributed by atoms with Crippen LogP contribution in [0.25, 0.3) is 11.0 Å². The summed E-state index contributed by atoms with van der Waals surface area (Å²) in [5, 5.41) is 0.925. The highest BCUT2D eigenvalue weighted by atomic mass is 16.3. The summed E-state index contributed by atoms with van der Waals surface area (Å²) in [6.45, 7) is 1.89. The van der Waals surface area contributed by atoms with E-state index in [1.54, 1.807) is 18.2 Å². The average molecular weight is 251 g/mol. The molecule has 0 saturated carbocycles. The monoisotopic (exact) mass is 251 g/mol. The molecule has 0 aliphatic heterocycles. The maximum atomic E-state index is 12.4. The van der Waals surface area contributed by atoms with E-state index in [-0.39, 0.29) is 5.78 Å². The minimum atomic E-state index is -0.104. The van der Waals surface area contributed by atoms with E-state index in [0.717, 1.165) is 10.9 Å². The van der Waals surface area contributed by atoms with Crippen LogP contribution in [-0.4, -0.2) is 5.78 Å². The Morgan fingerprint density at radius 1 is 1.11 bits per heavy atom. The second-order valence-corrected chi connectivity index (χ2v) is 4.51. The molecule has 0 spiro atoms. The first kappa shape index (κ1) is 11.5. The standard InChI is InChI=1S/C16H13NO2/c1-10-13-8-7-12(17)9-14(13)19-16(10)15(18)11-5-3-2-4-6-11/h2-9H,17H2,1H3. The summed E-state index contributed by atoms with van der Waals surface area (Å²) >= 11 is 0. The van der Waals surface area contributed by atoms with Crippen LogP contribution in [0, 0.1) is 6.92 Å². The number of aryl methyl sites for hydroxylation is 1. The molecule has 0 bridgehead atoms. The number of hydrogen-bond acceptors (Lipinski definition) is 3. The fourth-order valence-electron chi connectivity index (χ4n) is 2.18. The number of ketones is 1. The Hall–Kier alpha value is -2.55. The van der Waals surface area contributed by atoms with Crippen molar-refractivity contribution in [2.75, 3.05) is 5.73 Å². The maximum absolute atomic E-state index is 12.4. The number of rotatable bonds is 2. The molecule has 0 aliphatic rings. The van der Waals surface area contributed by atoms with Gasteiger partial charge in [0.15, 0.2) is 5.76 Å². The Labute approximate surface area is 110 Å². The molecule has 3 heteroatoms. The average Bonchev–Trinajstić information content (AvgIpc) is 2.75. The second kappa shape index (κ2) is 4.28. The molecule has 3 nitrogen and oxygen atoms in total. The van der Waals surface area contributed by atoms with E-state index in [9.17, 15) is 4.79 Å². The molecule has 0 atom stereocenters. The Balaban J connectivity index is 2.16. The molecule has 0 saturated heterocycles. The molecule has 1 aromatic heterocycles. The molecule has 94 valence electrons. The highest BCUT2D eigenvalue weighted by molar-refractivity contribution is 6.10. The fourth-order valence-corrected chi connectivity index (χ4v) is 2.18. The second-order valence-electron chi connectivity index (χ2n) is 4.51. The van der Waals surface area contributed by atoms with E-state index in [2.05, 4.69) is 0 Å². The lowest BCUT2D eigenvalue weighted by Crippen LogP contribution is -2.00. The van der Waals surface area contributed by atoms with E-state index in [1.165, 1.54) is 0 Å². The largest absolute Gasteiger partial charge is 0.452 e. The number of anilines is 1. The third-order valence-electron chi connectivity index (χ3n) is 3.20. The van der Waals surface area contributed by atoms with Crippen LogP contribution in [0.1, 0.15) is 21.7 Å². The predicted molar refractivity (Wildman–Crippen MR) is 75.2 cm³/mol. The van der Waals surface area contributed by atoms with Crippen LogP contribution in [0.4, 0.5) is 5.69 Å². The number of nitrogen functional groups attached to an aromatic ring is 1. The Bertz CT molecular complexity index is 757. The van der Waals surface area contributed by atoms with Crippen LogP contribution in [0.3, 0.4) is 0 Å². The summed E-state index contributed by atoms with van der Waals surface area (Å²) in [6.07, 6.45) is 0. The smallest absolute Gasteiger partial charge is 0.228 e. The molecular formula is C16H13NO2. The molecule has 1 heterocycles. The summed E-state index contributed by atoms with van der Waals surface area (Å²) in [5.41, 5.74) is 8.47. The highest BCUT2D eigenvalue weighted by Gasteiger charge is 2.18. The van der Waals surface area contributed by atoms with E-state index < -0.39 is 0 Å². The van der Waals surface area contributed by atoms with Crippen molar-refractivity contribution in [3.63, 3.8) is 0 Å². The number of nitrogens with two attached hydrogens (primary N) is 1. The van der Waals surface area contributed by atoms with Crippen LogP contribution in [0.5, 0.6) is 0 Å². The summed E-state index contributed by atoms with van der Waals surface area (Å²) in [5.74, 6) is 0.277. The summed E-state index contributed by atoms with van der Waals surface area (Å²) < 4.78 is 5.67. The van der Waals surface area contributed by atoms with Gasteiger partial charge in [-0.25, -0.2) is 0 Å². The quantitative estimate of drug-likeness (QED) is 0.559. The molecule has 0 radical (unpaired) electrons. The van der Waals surface area contributed by atoms with Crippen molar-refractivity contribution in [3.8, 4) is 0 Å². The number of furan rings is 1. The van der Waals surface area contributed by atoms with Crippen molar-refractivity contribution in [1.82, 2.24) is 0 Å². The van der Waals surface area contributed by atoms with Crippen molar-refractivity contribution < 1.29 is 9.21 Å². The fraction of sp³-hybridized carbons (Fsp3) is 0.0625. The lowest BCUT2D eigenvalue weighted by Gasteiger charge is -1.97. The van der Waals surface area contributed by atoms with Crippen LogP contribution in [0.15, 0.2) is 52.9 Å². The van der Waals surface area contributed by atoms with Crippen LogP contribution < -0.4 is 5.73 Å². The minimum absolute atomic E-state index is 0.104. The van der Waals surface area contributed by atoms with Gasteiger partial charge in [-0.1, -0.05) is 30.3 Å². The van der Waals surface area contributed by atoms with Crippen molar-refractivity contribution in [2.45, 2.75) is 6.92 Å². The molecule has 0 fully saturated rings. The molecular weight excluding hydrogens is 238 g/mol. The molecule has 3 aromatic rings.